The second-order valence-corrected chi connectivity index (χ2v) is 7.35. The van der Waals surface area contributed by atoms with Crippen LogP contribution in [0.15, 0.2) is 59.7 Å². The first-order valence-electron chi connectivity index (χ1n) is 8.74. The third-order valence-corrected chi connectivity index (χ3v) is 4.84. The first-order valence-corrected chi connectivity index (χ1v) is 9.50. The van der Waals surface area contributed by atoms with Gasteiger partial charge in [-0.3, -0.25) is 9.69 Å². The van der Waals surface area contributed by atoms with E-state index in [1.807, 2.05) is 60.7 Å². The van der Waals surface area contributed by atoms with Gasteiger partial charge in [-0.05, 0) is 60.5 Å². The highest BCUT2D eigenvalue weighted by molar-refractivity contribution is 6.30. The van der Waals surface area contributed by atoms with Crippen molar-refractivity contribution < 1.29 is 4.79 Å². The van der Waals surface area contributed by atoms with Crippen molar-refractivity contribution in [3.05, 3.63) is 80.8 Å². The van der Waals surface area contributed by atoms with Crippen molar-refractivity contribution in [2.24, 2.45) is 0 Å². The summed E-state index contributed by atoms with van der Waals surface area (Å²) < 4.78 is 0. The molecule has 2 aromatic carbocycles. The summed E-state index contributed by atoms with van der Waals surface area (Å²) in [5.41, 5.74) is 3.60. The zero-order valence-electron chi connectivity index (χ0n) is 14.7. The number of likely N-dealkylation sites (tertiary alicyclic amines) is 1. The maximum Gasteiger partial charge on any atom is 0.187 e. The summed E-state index contributed by atoms with van der Waals surface area (Å²) in [4.78, 5) is 15.3. The molecular weight excluding hydrogens is 365 g/mol. The molecule has 1 fully saturated rings. The summed E-state index contributed by atoms with van der Waals surface area (Å²) in [5, 5.41) is 1.39. The van der Waals surface area contributed by atoms with Gasteiger partial charge >= 0.3 is 0 Å². The standard InChI is InChI=1S/C22H21Cl2NO/c1-2-11-25-14-18(12-16-3-7-20(23)8-4-16)22(26)19(15-25)13-17-5-9-21(24)10-6-17/h3-10,12-13H,2,11,14-15H2,1H3/b18-12+,19-13+. The van der Waals surface area contributed by atoms with E-state index >= 15 is 0 Å². The fraction of sp³-hybridized carbons (Fsp3) is 0.227. The molecule has 0 unspecified atom stereocenters. The Hall–Kier alpha value is -1.87. The average molecular weight is 386 g/mol. The smallest absolute Gasteiger partial charge is 0.187 e. The quantitative estimate of drug-likeness (QED) is 0.623. The normalized spacial score (nSPS) is 18.7. The van der Waals surface area contributed by atoms with Crippen LogP contribution < -0.4 is 0 Å². The van der Waals surface area contributed by atoms with Gasteiger partial charge in [-0.15, -0.1) is 0 Å². The van der Waals surface area contributed by atoms with Crippen LogP contribution in [0.1, 0.15) is 24.5 Å². The zero-order valence-corrected chi connectivity index (χ0v) is 16.2. The number of rotatable bonds is 4. The van der Waals surface area contributed by atoms with Crippen LogP contribution in [0.5, 0.6) is 0 Å². The maximum atomic E-state index is 13.0. The van der Waals surface area contributed by atoms with Gasteiger partial charge in [0.1, 0.15) is 0 Å². The number of ketones is 1. The summed E-state index contributed by atoms with van der Waals surface area (Å²) >= 11 is 11.9. The largest absolute Gasteiger partial charge is 0.295 e. The van der Waals surface area contributed by atoms with E-state index in [2.05, 4.69) is 11.8 Å². The van der Waals surface area contributed by atoms with Crippen LogP contribution in [0.3, 0.4) is 0 Å². The minimum absolute atomic E-state index is 0.113. The molecule has 134 valence electrons. The lowest BCUT2D eigenvalue weighted by Crippen LogP contribution is -2.38. The lowest BCUT2D eigenvalue weighted by atomic mass is 9.94. The molecule has 0 aliphatic carbocycles. The first kappa shape index (κ1) is 18.9. The Morgan fingerprint density at radius 1 is 0.846 bits per heavy atom. The number of halogens is 2. The molecule has 26 heavy (non-hydrogen) atoms. The summed E-state index contributed by atoms with van der Waals surface area (Å²) in [7, 11) is 0. The summed E-state index contributed by atoms with van der Waals surface area (Å²) in [5.74, 6) is 0.113. The van der Waals surface area contributed by atoms with Crippen LogP contribution in [-0.2, 0) is 4.79 Å². The highest BCUT2D eigenvalue weighted by Gasteiger charge is 2.25. The van der Waals surface area contributed by atoms with E-state index in [-0.39, 0.29) is 5.78 Å². The van der Waals surface area contributed by atoms with Gasteiger partial charge in [0.15, 0.2) is 5.78 Å². The molecule has 1 heterocycles. The second kappa shape index (κ2) is 8.68. The van der Waals surface area contributed by atoms with Gasteiger partial charge in [-0.1, -0.05) is 54.4 Å². The highest BCUT2D eigenvalue weighted by atomic mass is 35.5. The monoisotopic (exact) mass is 385 g/mol. The Labute approximate surface area is 164 Å². The molecule has 4 heteroatoms. The minimum atomic E-state index is 0.113. The summed E-state index contributed by atoms with van der Waals surface area (Å²) in [6.45, 7) is 4.46. The van der Waals surface area contributed by atoms with Crippen molar-refractivity contribution >= 4 is 41.1 Å². The van der Waals surface area contributed by atoms with Crippen molar-refractivity contribution in [2.75, 3.05) is 19.6 Å². The van der Waals surface area contributed by atoms with Crippen LogP contribution >= 0.6 is 23.2 Å². The van der Waals surface area contributed by atoms with E-state index in [9.17, 15) is 4.79 Å². The summed E-state index contributed by atoms with van der Waals surface area (Å²) in [6, 6.07) is 15.1. The predicted octanol–water partition coefficient (Wildman–Crippen LogP) is 5.76. The number of nitrogens with zero attached hydrogens (tertiary/aromatic N) is 1. The molecule has 0 radical (unpaired) electrons. The molecular formula is C22H21Cl2NO. The van der Waals surface area contributed by atoms with Crippen molar-refractivity contribution in [1.82, 2.24) is 4.90 Å². The molecule has 0 spiro atoms. The number of hydrogen-bond donors (Lipinski definition) is 0. The molecule has 2 nitrogen and oxygen atoms in total. The van der Waals surface area contributed by atoms with Gasteiger partial charge in [0.25, 0.3) is 0 Å². The minimum Gasteiger partial charge on any atom is -0.295 e. The van der Waals surface area contributed by atoms with Gasteiger partial charge in [0, 0.05) is 34.3 Å². The molecule has 0 saturated carbocycles. The van der Waals surface area contributed by atoms with Crippen LogP contribution in [0.4, 0.5) is 0 Å². The lowest BCUT2D eigenvalue weighted by Gasteiger charge is -2.29. The molecule has 0 amide bonds. The van der Waals surface area contributed by atoms with E-state index in [4.69, 9.17) is 23.2 Å². The van der Waals surface area contributed by atoms with Crippen molar-refractivity contribution in [3.63, 3.8) is 0 Å². The van der Waals surface area contributed by atoms with Gasteiger partial charge < -0.3 is 0 Å². The average Bonchev–Trinajstić information content (AvgIpc) is 2.63. The Kier molecular flexibility index (Phi) is 6.31. The zero-order chi connectivity index (χ0) is 18.5. The number of carbonyl (C=O) groups excluding carboxylic acids is 1. The Balaban J connectivity index is 1.93. The number of piperidine rings is 1. The Bertz CT molecular complexity index is 768. The first-order chi connectivity index (χ1) is 12.5. The fourth-order valence-corrected chi connectivity index (χ4v) is 3.36. The molecule has 0 N–H and O–H groups in total. The van der Waals surface area contributed by atoms with E-state index in [0.717, 1.165) is 35.2 Å². The van der Waals surface area contributed by atoms with Crippen molar-refractivity contribution in [1.29, 1.82) is 0 Å². The van der Waals surface area contributed by atoms with Crippen LogP contribution in [0, 0.1) is 0 Å². The number of carbonyl (C=O) groups is 1. The topological polar surface area (TPSA) is 20.3 Å². The van der Waals surface area contributed by atoms with E-state index in [1.165, 1.54) is 0 Å². The lowest BCUT2D eigenvalue weighted by molar-refractivity contribution is -0.113. The molecule has 1 saturated heterocycles. The third-order valence-electron chi connectivity index (χ3n) is 4.33. The molecule has 0 atom stereocenters. The molecule has 1 aliphatic heterocycles. The molecule has 3 rings (SSSR count). The van der Waals surface area contributed by atoms with Crippen molar-refractivity contribution in [3.8, 4) is 0 Å². The maximum absolute atomic E-state index is 13.0. The Morgan fingerprint density at radius 2 is 1.27 bits per heavy atom. The van der Waals surface area contributed by atoms with E-state index < -0.39 is 0 Å². The van der Waals surface area contributed by atoms with Gasteiger partial charge in [-0.25, -0.2) is 0 Å². The Morgan fingerprint density at radius 3 is 1.65 bits per heavy atom. The number of Topliss-reactive ketones (excluding diaryl/α,β-unsaturated/α-hetero) is 1. The fourth-order valence-electron chi connectivity index (χ4n) is 3.10. The van der Waals surface area contributed by atoms with E-state index in [0.29, 0.717) is 23.1 Å². The van der Waals surface area contributed by atoms with Crippen LogP contribution in [-0.4, -0.2) is 30.3 Å². The molecule has 1 aliphatic rings. The van der Waals surface area contributed by atoms with E-state index in [1.54, 1.807) is 0 Å². The van der Waals surface area contributed by atoms with Gasteiger partial charge in [-0.2, -0.15) is 0 Å². The van der Waals surface area contributed by atoms with Crippen molar-refractivity contribution in [2.45, 2.75) is 13.3 Å². The third kappa shape index (κ3) is 4.85. The van der Waals surface area contributed by atoms with Crippen LogP contribution in [0.25, 0.3) is 12.2 Å². The molecule has 0 bridgehead atoms. The van der Waals surface area contributed by atoms with Gasteiger partial charge in [0.2, 0.25) is 0 Å². The van der Waals surface area contributed by atoms with Crippen LogP contribution in [0.2, 0.25) is 10.0 Å². The molecule has 0 aromatic heterocycles. The second-order valence-electron chi connectivity index (χ2n) is 6.48. The number of benzene rings is 2. The van der Waals surface area contributed by atoms with Gasteiger partial charge in [0.05, 0.1) is 0 Å². The SMILES string of the molecule is CCCN1C/C(=C\c2ccc(Cl)cc2)C(=O)/C(=C/c2ccc(Cl)cc2)C1. The molecule has 2 aromatic rings. The predicted molar refractivity (Wildman–Crippen MR) is 111 cm³/mol. The number of hydrogen-bond acceptors (Lipinski definition) is 2. The highest BCUT2D eigenvalue weighted by Crippen LogP contribution is 2.23. The summed E-state index contributed by atoms with van der Waals surface area (Å²) in [6.07, 6.45) is 4.99.